The van der Waals surface area contributed by atoms with Crippen LogP contribution in [0.5, 0.6) is 0 Å². The molecule has 0 aliphatic carbocycles. The fourth-order valence-electron chi connectivity index (χ4n) is 5.88. The quantitative estimate of drug-likeness (QED) is 0.249. The first-order chi connectivity index (χ1) is 21.1. The predicted octanol–water partition coefficient (Wildman–Crippen LogP) is 4.74. The van der Waals surface area contributed by atoms with Crippen LogP contribution in [-0.2, 0) is 13.6 Å². The molecular weight excluding hydrogens is 579 g/mol. The first-order valence-electron chi connectivity index (χ1n) is 14.3. The number of thiazole rings is 1. The van der Waals surface area contributed by atoms with Gasteiger partial charge < -0.3 is 9.47 Å². The maximum absolute atomic E-state index is 13.1. The maximum Gasteiger partial charge on any atom is 0.329 e. The number of hydrogen-bond donors (Lipinski definition) is 1. The Morgan fingerprint density at radius 1 is 0.860 bits per heavy atom. The highest BCUT2D eigenvalue weighted by molar-refractivity contribution is 8.01. The van der Waals surface area contributed by atoms with Gasteiger partial charge >= 0.3 is 5.69 Å². The van der Waals surface area contributed by atoms with Crippen LogP contribution in [0.15, 0.2) is 98.9 Å². The SMILES string of the molecule is Cn1c(=O)[nH]c(=O)c2c1nc(N1CCN(C(c3ccccc3)c3ccccc3)CC1)n2CCSc1nc2ccccc2s1. The van der Waals surface area contributed by atoms with Crippen molar-refractivity contribution in [1.82, 2.24) is 29.0 Å². The number of benzene rings is 3. The van der Waals surface area contributed by atoms with E-state index < -0.39 is 11.2 Å². The number of rotatable bonds is 8. The number of fused-ring (bicyclic) bond motifs is 2. The molecule has 1 aliphatic heterocycles. The molecule has 1 saturated heterocycles. The van der Waals surface area contributed by atoms with Gasteiger partial charge in [0.25, 0.3) is 5.56 Å². The second kappa shape index (κ2) is 11.8. The molecule has 7 rings (SSSR count). The number of aryl methyl sites for hydroxylation is 2. The van der Waals surface area contributed by atoms with E-state index in [1.165, 1.54) is 15.7 Å². The number of hydrogen-bond acceptors (Lipinski definition) is 8. The maximum atomic E-state index is 13.1. The van der Waals surface area contributed by atoms with E-state index in [0.717, 1.165) is 46.7 Å². The minimum absolute atomic E-state index is 0.150. The number of piperazine rings is 1. The molecule has 0 amide bonds. The lowest BCUT2D eigenvalue weighted by atomic mass is 9.96. The summed E-state index contributed by atoms with van der Waals surface area (Å²) in [6, 6.07) is 29.5. The van der Waals surface area contributed by atoms with Gasteiger partial charge in [0.1, 0.15) is 0 Å². The van der Waals surface area contributed by atoms with E-state index >= 15 is 0 Å². The molecule has 0 spiro atoms. The van der Waals surface area contributed by atoms with E-state index in [2.05, 4.69) is 81.5 Å². The van der Waals surface area contributed by atoms with Gasteiger partial charge in [-0.1, -0.05) is 84.6 Å². The molecule has 0 unspecified atom stereocenters. The first kappa shape index (κ1) is 27.6. The van der Waals surface area contributed by atoms with E-state index in [1.54, 1.807) is 30.1 Å². The van der Waals surface area contributed by atoms with Gasteiger partial charge in [0.05, 0.1) is 16.3 Å². The summed E-state index contributed by atoms with van der Waals surface area (Å²) in [6.45, 7) is 3.71. The molecule has 3 aromatic carbocycles. The lowest BCUT2D eigenvalue weighted by Gasteiger charge is -2.40. The van der Waals surface area contributed by atoms with Crippen LogP contribution in [0.2, 0.25) is 0 Å². The summed E-state index contributed by atoms with van der Waals surface area (Å²) >= 11 is 3.35. The largest absolute Gasteiger partial charge is 0.340 e. The van der Waals surface area contributed by atoms with Crippen LogP contribution in [0.25, 0.3) is 21.4 Å². The molecule has 0 bridgehead atoms. The monoisotopic (exact) mass is 609 g/mol. The van der Waals surface area contributed by atoms with Gasteiger partial charge in [-0.15, -0.1) is 11.3 Å². The van der Waals surface area contributed by atoms with E-state index in [0.29, 0.717) is 23.5 Å². The molecule has 6 aromatic rings. The second-order valence-electron chi connectivity index (χ2n) is 10.6. The van der Waals surface area contributed by atoms with Crippen LogP contribution in [0, 0.1) is 0 Å². The molecule has 0 saturated carbocycles. The zero-order valence-electron chi connectivity index (χ0n) is 23.7. The molecule has 0 radical (unpaired) electrons. The normalized spacial score (nSPS) is 14.3. The fourth-order valence-corrected chi connectivity index (χ4v) is 7.94. The van der Waals surface area contributed by atoms with Crippen molar-refractivity contribution in [3.05, 3.63) is 117 Å². The van der Waals surface area contributed by atoms with E-state index in [-0.39, 0.29) is 6.04 Å². The Morgan fingerprint density at radius 3 is 2.19 bits per heavy atom. The fraction of sp³-hybridized carbons (Fsp3) is 0.250. The van der Waals surface area contributed by atoms with Gasteiger partial charge in [-0.2, -0.15) is 4.98 Å². The number of nitrogens with zero attached hydrogens (tertiary/aromatic N) is 6. The minimum Gasteiger partial charge on any atom is -0.340 e. The Hall–Kier alpha value is -4.19. The van der Waals surface area contributed by atoms with E-state index in [9.17, 15) is 9.59 Å². The summed E-state index contributed by atoms with van der Waals surface area (Å²) in [7, 11) is 1.65. The van der Waals surface area contributed by atoms with E-state index in [1.807, 2.05) is 22.8 Å². The lowest BCUT2D eigenvalue weighted by Crippen LogP contribution is -2.48. The van der Waals surface area contributed by atoms with Gasteiger partial charge in [0.15, 0.2) is 15.5 Å². The average molecular weight is 610 g/mol. The van der Waals surface area contributed by atoms with Crippen LogP contribution in [0.3, 0.4) is 0 Å². The van der Waals surface area contributed by atoms with Crippen LogP contribution < -0.4 is 16.1 Å². The van der Waals surface area contributed by atoms with Crippen molar-refractivity contribution in [3.63, 3.8) is 0 Å². The third-order valence-electron chi connectivity index (χ3n) is 7.99. The highest BCUT2D eigenvalue weighted by Gasteiger charge is 2.29. The van der Waals surface area contributed by atoms with Gasteiger partial charge in [0, 0.05) is 45.5 Å². The number of aromatic nitrogens is 5. The summed E-state index contributed by atoms with van der Waals surface area (Å²) in [6.07, 6.45) is 0. The summed E-state index contributed by atoms with van der Waals surface area (Å²) in [5.41, 5.74) is 3.49. The average Bonchev–Trinajstić information content (AvgIpc) is 3.64. The summed E-state index contributed by atoms with van der Waals surface area (Å²) in [4.78, 5) is 42.4. The first-order valence-corrected chi connectivity index (χ1v) is 16.1. The Labute approximate surface area is 256 Å². The number of nitrogens with one attached hydrogen (secondary N) is 1. The predicted molar refractivity (Wildman–Crippen MR) is 174 cm³/mol. The summed E-state index contributed by atoms with van der Waals surface area (Å²) in [5, 5.41) is 0. The molecule has 3 aromatic heterocycles. The molecule has 1 aliphatic rings. The van der Waals surface area contributed by atoms with Crippen LogP contribution in [0.1, 0.15) is 17.2 Å². The van der Waals surface area contributed by atoms with Gasteiger partial charge in [-0.25, -0.2) is 9.78 Å². The Bertz CT molecular complexity index is 1920. The van der Waals surface area contributed by atoms with E-state index in [4.69, 9.17) is 9.97 Å². The molecule has 4 heterocycles. The van der Waals surface area contributed by atoms with Crippen molar-refractivity contribution < 1.29 is 0 Å². The Morgan fingerprint density at radius 2 is 1.51 bits per heavy atom. The van der Waals surface area contributed by atoms with Crippen molar-refractivity contribution in [2.75, 3.05) is 36.8 Å². The second-order valence-corrected chi connectivity index (χ2v) is 13.0. The standard InChI is InChI=1S/C32H31N7O2S2/c1-36-28-27(29(40)35-31(36)41)39(20-21-42-32-33-24-14-8-9-15-25(24)43-32)30(34-28)38-18-16-37(17-19-38)26(22-10-4-2-5-11-22)23-12-6-3-7-13-23/h2-15,26H,16-21H2,1H3,(H,35,40,41). The topological polar surface area (TPSA) is 92.0 Å². The van der Waals surface area contributed by atoms with Crippen molar-refractivity contribution in [1.29, 1.82) is 0 Å². The Kier molecular flexibility index (Phi) is 7.60. The van der Waals surface area contributed by atoms with Crippen molar-refractivity contribution in [3.8, 4) is 0 Å². The highest BCUT2D eigenvalue weighted by atomic mass is 32.2. The van der Waals surface area contributed by atoms with Gasteiger partial charge in [-0.3, -0.25) is 19.2 Å². The summed E-state index contributed by atoms with van der Waals surface area (Å²) < 4.78 is 5.56. The van der Waals surface area contributed by atoms with Crippen LogP contribution in [0.4, 0.5) is 5.95 Å². The number of imidazole rings is 1. The summed E-state index contributed by atoms with van der Waals surface area (Å²) in [5.74, 6) is 1.44. The zero-order valence-corrected chi connectivity index (χ0v) is 25.4. The van der Waals surface area contributed by atoms with Gasteiger partial charge in [0.2, 0.25) is 5.95 Å². The van der Waals surface area contributed by atoms with Crippen molar-refractivity contribution in [2.24, 2.45) is 7.05 Å². The van der Waals surface area contributed by atoms with Crippen LogP contribution in [-0.4, -0.2) is 60.9 Å². The van der Waals surface area contributed by atoms with Crippen molar-refractivity contribution >= 4 is 50.4 Å². The minimum atomic E-state index is -0.462. The zero-order chi connectivity index (χ0) is 29.3. The number of para-hydroxylation sites is 1. The molecule has 9 nitrogen and oxygen atoms in total. The number of anilines is 1. The number of aromatic amines is 1. The Balaban J connectivity index is 1.16. The lowest BCUT2D eigenvalue weighted by molar-refractivity contribution is 0.211. The third-order valence-corrected chi connectivity index (χ3v) is 10.2. The number of H-pyrrole nitrogens is 1. The molecule has 0 atom stereocenters. The molecule has 1 N–H and O–H groups in total. The smallest absolute Gasteiger partial charge is 0.329 e. The van der Waals surface area contributed by atoms with Crippen molar-refractivity contribution in [2.45, 2.75) is 16.9 Å². The molecule has 43 heavy (non-hydrogen) atoms. The highest BCUT2D eigenvalue weighted by Crippen LogP contribution is 2.32. The molecule has 11 heteroatoms. The molecular formula is C32H31N7O2S2. The molecule has 218 valence electrons. The van der Waals surface area contributed by atoms with Gasteiger partial charge in [-0.05, 0) is 23.3 Å². The number of thioether (sulfide) groups is 1. The van der Waals surface area contributed by atoms with Crippen LogP contribution >= 0.6 is 23.1 Å². The third kappa shape index (κ3) is 5.39. The molecule has 1 fully saturated rings.